The summed E-state index contributed by atoms with van der Waals surface area (Å²) in [5.41, 5.74) is 3.97. The van der Waals surface area contributed by atoms with Gasteiger partial charge in [0.2, 0.25) is 0 Å². The summed E-state index contributed by atoms with van der Waals surface area (Å²) in [7, 11) is 5.97. The highest BCUT2D eigenvalue weighted by Crippen LogP contribution is 2.23. The minimum absolute atomic E-state index is 0.313. The Labute approximate surface area is 164 Å². The Hall–Kier alpha value is -2.04. The summed E-state index contributed by atoms with van der Waals surface area (Å²) < 4.78 is 5.38. The Morgan fingerprint density at radius 1 is 1.04 bits per heavy atom. The van der Waals surface area contributed by atoms with Crippen molar-refractivity contribution in [3.05, 3.63) is 59.7 Å². The first-order valence-corrected chi connectivity index (χ1v) is 10.0. The van der Waals surface area contributed by atoms with E-state index < -0.39 is 0 Å². The molecular formula is C23H33N3O. The molecule has 0 spiro atoms. The van der Waals surface area contributed by atoms with Gasteiger partial charge in [-0.1, -0.05) is 24.3 Å². The van der Waals surface area contributed by atoms with Crippen LogP contribution in [0.15, 0.2) is 48.5 Å². The minimum atomic E-state index is 0.313. The Kier molecular flexibility index (Phi) is 7.13. The van der Waals surface area contributed by atoms with Gasteiger partial charge in [-0.05, 0) is 68.8 Å². The second-order valence-corrected chi connectivity index (χ2v) is 7.60. The predicted molar refractivity (Wildman–Crippen MR) is 114 cm³/mol. The van der Waals surface area contributed by atoms with Crippen molar-refractivity contribution in [2.24, 2.45) is 0 Å². The fraction of sp³-hybridized carbons (Fsp3) is 0.478. The van der Waals surface area contributed by atoms with Gasteiger partial charge in [0.25, 0.3) is 0 Å². The zero-order valence-corrected chi connectivity index (χ0v) is 16.9. The Morgan fingerprint density at radius 2 is 1.78 bits per heavy atom. The molecule has 0 saturated carbocycles. The number of anilines is 1. The van der Waals surface area contributed by atoms with Crippen LogP contribution in [-0.4, -0.2) is 45.7 Å². The van der Waals surface area contributed by atoms with Gasteiger partial charge in [0.1, 0.15) is 5.75 Å². The fourth-order valence-electron chi connectivity index (χ4n) is 3.78. The third kappa shape index (κ3) is 5.47. The number of piperidine rings is 1. The van der Waals surface area contributed by atoms with Gasteiger partial charge in [-0.25, -0.2) is 0 Å². The topological polar surface area (TPSA) is 27.7 Å². The largest absolute Gasteiger partial charge is 0.497 e. The predicted octanol–water partition coefficient (Wildman–Crippen LogP) is 4.08. The lowest BCUT2D eigenvalue weighted by Gasteiger charge is -2.29. The standard InChI is InChI=1S/C23H33N3O/c1-25(2)23(20-8-7-9-22(16-20)27-3)18-24-17-19-10-12-21(13-11-19)26-14-5-4-6-15-26/h7-13,16,23-24H,4-6,14-15,17-18H2,1-3H3/t23-/m1/s1. The molecule has 1 saturated heterocycles. The molecule has 2 aromatic carbocycles. The van der Waals surface area contributed by atoms with Gasteiger partial charge >= 0.3 is 0 Å². The lowest BCUT2D eigenvalue weighted by atomic mass is 10.1. The molecule has 0 aliphatic carbocycles. The highest BCUT2D eigenvalue weighted by Gasteiger charge is 2.15. The molecule has 0 radical (unpaired) electrons. The molecule has 0 aromatic heterocycles. The van der Waals surface area contributed by atoms with E-state index in [9.17, 15) is 0 Å². The maximum absolute atomic E-state index is 5.38. The van der Waals surface area contributed by atoms with Gasteiger partial charge < -0.3 is 19.9 Å². The second-order valence-electron chi connectivity index (χ2n) is 7.60. The minimum Gasteiger partial charge on any atom is -0.497 e. The summed E-state index contributed by atoms with van der Waals surface area (Å²) in [5.74, 6) is 0.910. The lowest BCUT2D eigenvalue weighted by molar-refractivity contribution is 0.287. The Balaban J connectivity index is 1.55. The molecule has 0 unspecified atom stereocenters. The fourth-order valence-corrected chi connectivity index (χ4v) is 3.78. The first-order chi connectivity index (χ1) is 13.2. The van der Waals surface area contributed by atoms with Crippen LogP contribution >= 0.6 is 0 Å². The van der Waals surface area contributed by atoms with Gasteiger partial charge in [0, 0.05) is 37.9 Å². The van der Waals surface area contributed by atoms with E-state index in [1.54, 1.807) is 7.11 Å². The summed E-state index contributed by atoms with van der Waals surface area (Å²) in [6.45, 7) is 4.17. The number of nitrogens with zero attached hydrogens (tertiary/aromatic N) is 2. The van der Waals surface area contributed by atoms with Crippen LogP contribution in [0, 0.1) is 0 Å². The molecule has 3 rings (SSSR count). The van der Waals surface area contributed by atoms with Crippen molar-refractivity contribution in [1.29, 1.82) is 0 Å². The highest BCUT2D eigenvalue weighted by atomic mass is 16.5. The van der Waals surface area contributed by atoms with Crippen LogP contribution in [0.1, 0.15) is 36.4 Å². The SMILES string of the molecule is COc1cccc([C@@H](CNCc2ccc(N3CCCCC3)cc2)N(C)C)c1. The molecular weight excluding hydrogens is 334 g/mol. The van der Waals surface area contributed by atoms with E-state index in [0.717, 1.165) is 18.8 Å². The molecule has 1 aliphatic heterocycles. The average molecular weight is 368 g/mol. The van der Waals surface area contributed by atoms with E-state index in [1.807, 2.05) is 6.07 Å². The summed E-state index contributed by atoms with van der Waals surface area (Å²) >= 11 is 0. The number of nitrogens with one attached hydrogen (secondary N) is 1. The monoisotopic (exact) mass is 367 g/mol. The van der Waals surface area contributed by atoms with E-state index in [1.165, 1.54) is 49.2 Å². The number of ether oxygens (including phenoxy) is 1. The molecule has 1 aliphatic rings. The van der Waals surface area contributed by atoms with Crippen LogP contribution in [0.3, 0.4) is 0 Å². The quantitative estimate of drug-likeness (QED) is 0.761. The molecule has 1 atom stereocenters. The molecule has 0 bridgehead atoms. The summed E-state index contributed by atoms with van der Waals surface area (Å²) in [6, 6.07) is 17.7. The van der Waals surface area contributed by atoms with E-state index in [-0.39, 0.29) is 0 Å². The maximum atomic E-state index is 5.38. The van der Waals surface area contributed by atoms with Crippen LogP contribution < -0.4 is 15.0 Å². The van der Waals surface area contributed by atoms with Crippen LogP contribution in [0.5, 0.6) is 5.75 Å². The van der Waals surface area contributed by atoms with Crippen molar-refractivity contribution < 1.29 is 4.74 Å². The van der Waals surface area contributed by atoms with E-state index in [4.69, 9.17) is 4.74 Å². The van der Waals surface area contributed by atoms with E-state index in [2.05, 4.69) is 71.7 Å². The van der Waals surface area contributed by atoms with E-state index >= 15 is 0 Å². The molecule has 2 aromatic rings. The summed E-state index contributed by atoms with van der Waals surface area (Å²) in [5, 5.41) is 3.62. The molecule has 1 fully saturated rings. The van der Waals surface area contributed by atoms with Crippen LogP contribution in [0.25, 0.3) is 0 Å². The third-order valence-electron chi connectivity index (χ3n) is 5.43. The van der Waals surface area contributed by atoms with Crippen molar-refractivity contribution in [3.8, 4) is 5.75 Å². The average Bonchev–Trinajstić information content (AvgIpc) is 2.72. The number of benzene rings is 2. The Bertz CT molecular complexity index is 693. The smallest absolute Gasteiger partial charge is 0.119 e. The zero-order valence-electron chi connectivity index (χ0n) is 16.9. The first-order valence-electron chi connectivity index (χ1n) is 10.0. The number of hydrogen-bond acceptors (Lipinski definition) is 4. The van der Waals surface area contributed by atoms with Crippen molar-refractivity contribution in [2.45, 2.75) is 31.8 Å². The van der Waals surface area contributed by atoms with Crippen molar-refractivity contribution in [3.63, 3.8) is 0 Å². The van der Waals surface area contributed by atoms with E-state index in [0.29, 0.717) is 6.04 Å². The third-order valence-corrected chi connectivity index (χ3v) is 5.43. The number of methoxy groups -OCH3 is 1. The van der Waals surface area contributed by atoms with Crippen molar-refractivity contribution >= 4 is 5.69 Å². The van der Waals surface area contributed by atoms with Crippen LogP contribution in [0.2, 0.25) is 0 Å². The van der Waals surface area contributed by atoms with Crippen LogP contribution in [-0.2, 0) is 6.54 Å². The second kappa shape index (κ2) is 9.77. The molecule has 146 valence electrons. The Morgan fingerprint density at radius 3 is 2.44 bits per heavy atom. The van der Waals surface area contributed by atoms with Gasteiger partial charge in [-0.3, -0.25) is 0 Å². The zero-order chi connectivity index (χ0) is 19.1. The van der Waals surface area contributed by atoms with Gasteiger partial charge in [-0.2, -0.15) is 0 Å². The molecule has 1 heterocycles. The molecule has 4 nitrogen and oxygen atoms in total. The normalized spacial score (nSPS) is 15.8. The molecule has 27 heavy (non-hydrogen) atoms. The van der Waals surface area contributed by atoms with Gasteiger partial charge in [0.15, 0.2) is 0 Å². The number of likely N-dealkylation sites (N-methyl/N-ethyl adjacent to an activating group) is 1. The van der Waals surface area contributed by atoms with Gasteiger partial charge in [0.05, 0.1) is 7.11 Å². The molecule has 4 heteroatoms. The van der Waals surface area contributed by atoms with Gasteiger partial charge in [-0.15, -0.1) is 0 Å². The van der Waals surface area contributed by atoms with Crippen molar-refractivity contribution in [1.82, 2.24) is 10.2 Å². The number of hydrogen-bond donors (Lipinski definition) is 1. The summed E-state index contributed by atoms with van der Waals surface area (Å²) in [4.78, 5) is 4.76. The molecule has 1 N–H and O–H groups in total. The number of rotatable bonds is 8. The highest BCUT2D eigenvalue weighted by molar-refractivity contribution is 5.47. The molecule has 0 amide bonds. The summed E-state index contributed by atoms with van der Waals surface area (Å²) in [6.07, 6.45) is 4.01. The first kappa shape index (κ1) is 19.7. The van der Waals surface area contributed by atoms with Crippen LogP contribution in [0.4, 0.5) is 5.69 Å². The maximum Gasteiger partial charge on any atom is 0.119 e. The van der Waals surface area contributed by atoms with Crippen molar-refractivity contribution in [2.75, 3.05) is 45.7 Å². The lowest BCUT2D eigenvalue weighted by Crippen LogP contribution is -2.31.